The van der Waals surface area contributed by atoms with Gasteiger partial charge in [0.1, 0.15) is 5.69 Å². The van der Waals surface area contributed by atoms with E-state index in [-0.39, 0.29) is 5.41 Å². The van der Waals surface area contributed by atoms with E-state index in [4.69, 9.17) is 0 Å². The van der Waals surface area contributed by atoms with Crippen molar-refractivity contribution in [3.8, 4) is 0 Å². The minimum atomic E-state index is 0.0384. The zero-order valence-electron chi connectivity index (χ0n) is 8.44. The van der Waals surface area contributed by atoms with Crippen molar-refractivity contribution in [1.29, 1.82) is 0 Å². The molecule has 0 unspecified atom stereocenters. The maximum Gasteiger partial charge on any atom is 0.194 e. The molecule has 0 fully saturated rings. The van der Waals surface area contributed by atoms with Crippen LogP contribution in [0.3, 0.4) is 0 Å². The summed E-state index contributed by atoms with van der Waals surface area (Å²) >= 11 is 1.57. The second-order valence-corrected chi connectivity index (χ2v) is 5.13. The van der Waals surface area contributed by atoms with Crippen LogP contribution in [0.15, 0.2) is 11.6 Å². The Balaban J connectivity index is 2.77. The molecule has 2 aromatic rings. The van der Waals surface area contributed by atoms with Gasteiger partial charge in [-0.3, -0.25) is 9.20 Å². The van der Waals surface area contributed by atoms with E-state index < -0.39 is 0 Å². The summed E-state index contributed by atoms with van der Waals surface area (Å²) in [6.07, 6.45) is 2.47. The van der Waals surface area contributed by atoms with Crippen molar-refractivity contribution in [3.63, 3.8) is 0 Å². The van der Waals surface area contributed by atoms with Gasteiger partial charge in [0.15, 0.2) is 11.2 Å². The van der Waals surface area contributed by atoms with Gasteiger partial charge in [-0.25, -0.2) is 4.98 Å². The van der Waals surface area contributed by atoms with E-state index in [1.807, 2.05) is 4.40 Å². The fourth-order valence-electron chi connectivity index (χ4n) is 1.43. The Kier molecular flexibility index (Phi) is 1.96. The Hall–Kier alpha value is -1.16. The SMILES string of the molecule is CC(C)(C)c1csc2ncc(C=O)n12. The number of rotatable bonds is 1. The molecule has 0 atom stereocenters. The fourth-order valence-corrected chi connectivity index (χ4v) is 2.53. The molecule has 74 valence electrons. The van der Waals surface area contributed by atoms with Crippen molar-refractivity contribution in [1.82, 2.24) is 9.38 Å². The van der Waals surface area contributed by atoms with Crippen LogP contribution in [-0.2, 0) is 5.41 Å². The van der Waals surface area contributed by atoms with Gasteiger partial charge < -0.3 is 0 Å². The van der Waals surface area contributed by atoms with Crippen molar-refractivity contribution >= 4 is 22.6 Å². The first-order valence-corrected chi connectivity index (χ1v) is 5.32. The molecular formula is C10H12N2OS. The van der Waals surface area contributed by atoms with Crippen molar-refractivity contribution in [2.75, 3.05) is 0 Å². The zero-order valence-corrected chi connectivity index (χ0v) is 9.26. The average Bonchev–Trinajstić information content (AvgIpc) is 2.59. The summed E-state index contributed by atoms with van der Waals surface area (Å²) in [5.41, 5.74) is 1.81. The second kappa shape index (κ2) is 2.92. The Labute approximate surface area is 86.4 Å². The predicted octanol–water partition coefficient (Wildman–Crippen LogP) is 2.51. The van der Waals surface area contributed by atoms with E-state index in [1.165, 1.54) is 0 Å². The first-order chi connectivity index (χ1) is 6.54. The molecule has 0 saturated heterocycles. The van der Waals surface area contributed by atoms with Crippen LogP contribution in [0.2, 0.25) is 0 Å². The molecular weight excluding hydrogens is 196 g/mol. The van der Waals surface area contributed by atoms with Gasteiger partial charge in [-0.15, -0.1) is 11.3 Å². The third kappa shape index (κ3) is 1.26. The molecule has 0 N–H and O–H groups in total. The highest BCUT2D eigenvalue weighted by Crippen LogP contribution is 2.27. The maximum absolute atomic E-state index is 10.8. The number of aromatic nitrogens is 2. The maximum atomic E-state index is 10.8. The van der Waals surface area contributed by atoms with Crippen molar-refractivity contribution in [2.45, 2.75) is 26.2 Å². The molecule has 2 aromatic heterocycles. The summed E-state index contributed by atoms with van der Waals surface area (Å²) in [6, 6.07) is 0. The lowest BCUT2D eigenvalue weighted by atomic mass is 9.93. The largest absolute Gasteiger partial charge is 0.296 e. The Morgan fingerprint density at radius 1 is 1.50 bits per heavy atom. The molecule has 0 aliphatic rings. The molecule has 0 aliphatic heterocycles. The Morgan fingerprint density at radius 2 is 2.21 bits per heavy atom. The van der Waals surface area contributed by atoms with Crippen LogP contribution in [0, 0.1) is 0 Å². The molecule has 0 bridgehead atoms. The molecule has 0 spiro atoms. The standard InChI is InChI=1S/C10H12N2OS/c1-10(2,3)8-6-14-9-11-4-7(5-13)12(8)9/h4-6H,1-3H3. The summed E-state index contributed by atoms with van der Waals surface area (Å²) in [5.74, 6) is 0. The van der Waals surface area contributed by atoms with Crippen LogP contribution < -0.4 is 0 Å². The molecule has 3 nitrogen and oxygen atoms in total. The Morgan fingerprint density at radius 3 is 2.79 bits per heavy atom. The van der Waals surface area contributed by atoms with Gasteiger partial charge >= 0.3 is 0 Å². The summed E-state index contributed by atoms with van der Waals surface area (Å²) < 4.78 is 1.93. The van der Waals surface area contributed by atoms with E-state index in [2.05, 4.69) is 31.1 Å². The molecule has 0 amide bonds. The van der Waals surface area contributed by atoms with Gasteiger partial charge in [0.2, 0.25) is 0 Å². The number of carbonyl (C=O) groups is 1. The lowest BCUT2D eigenvalue weighted by Gasteiger charge is -2.17. The molecule has 0 saturated carbocycles. The van der Waals surface area contributed by atoms with E-state index >= 15 is 0 Å². The van der Waals surface area contributed by atoms with Gasteiger partial charge in [-0.2, -0.15) is 0 Å². The normalized spacial score (nSPS) is 12.2. The fraction of sp³-hybridized carbons (Fsp3) is 0.400. The van der Waals surface area contributed by atoms with E-state index in [0.29, 0.717) is 5.69 Å². The smallest absolute Gasteiger partial charge is 0.194 e. The number of nitrogens with zero attached hydrogens (tertiary/aromatic N) is 2. The van der Waals surface area contributed by atoms with Crippen molar-refractivity contribution in [2.24, 2.45) is 0 Å². The van der Waals surface area contributed by atoms with Gasteiger partial charge in [-0.05, 0) is 0 Å². The topological polar surface area (TPSA) is 34.4 Å². The third-order valence-electron chi connectivity index (χ3n) is 2.16. The van der Waals surface area contributed by atoms with E-state index in [1.54, 1.807) is 17.5 Å². The van der Waals surface area contributed by atoms with Gasteiger partial charge in [-0.1, -0.05) is 20.8 Å². The molecule has 0 radical (unpaired) electrons. The monoisotopic (exact) mass is 208 g/mol. The first kappa shape index (κ1) is 9.40. The van der Waals surface area contributed by atoms with Crippen molar-refractivity contribution in [3.05, 3.63) is 23.0 Å². The van der Waals surface area contributed by atoms with Crippen LogP contribution in [0.4, 0.5) is 0 Å². The van der Waals surface area contributed by atoms with Crippen LogP contribution in [0.25, 0.3) is 4.96 Å². The van der Waals surface area contributed by atoms with E-state index in [0.717, 1.165) is 16.9 Å². The summed E-state index contributed by atoms with van der Waals surface area (Å²) in [6.45, 7) is 6.38. The first-order valence-electron chi connectivity index (χ1n) is 4.44. The molecule has 2 rings (SSSR count). The van der Waals surface area contributed by atoms with Crippen LogP contribution in [-0.4, -0.2) is 15.7 Å². The number of fused-ring (bicyclic) bond motifs is 1. The number of aldehydes is 1. The lowest BCUT2D eigenvalue weighted by molar-refractivity contribution is 0.111. The molecule has 14 heavy (non-hydrogen) atoms. The highest BCUT2D eigenvalue weighted by Gasteiger charge is 2.20. The van der Waals surface area contributed by atoms with Gasteiger partial charge in [0.25, 0.3) is 0 Å². The molecule has 0 aliphatic carbocycles. The molecule has 2 heterocycles. The van der Waals surface area contributed by atoms with Crippen LogP contribution in [0.1, 0.15) is 37.0 Å². The molecule has 4 heteroatoms. The Bertz CT molecular complexity index is 476. The van der Waals surface area contributed by atoms with Gasteiger partial charge in [0.05, 0.1) is 6.20 Å². The molecule has 0 aromatic carbocycles. The number of hydrogen-bond acceptors (Lipinski definition) is 3. The van der Waals surface area contributed by atoms with E-state index in [9.17, 15) is 4.79 Å². The van der Waals surface area contributed by atoms with Crippen molar-refractivity contribution < 1.29 is 4.79 Å². The minimum Gasteiger partial charge on any atom is -0.296 e. The quantitative estimate of drug-likeness (QED) is 0.675. The summed E-state index contributed by atoms with van der Waals surface area (Å²) in [4.78, 5) is 15.9. The summed E-state index contributed by atoms with van der Waals surface area (Å²) in [5, 5.41) is 2.06. The minimum absolute atomic E-state index is 0.0384. The van der Waals surface area contributed by atoms with Crippen LogP contribution >= 0.6 is 11.3 Å². The lowest BCUT2D eigenvalue weighted by Crippen LogP contribution is -2.14. The predicted molar refractivity (Wildman–Crippen MR) is 57.2 cm³/mol. The van der Waals surface area contributed by atoms with Gasteiger partial charge in [0, 0.05) is 16.5 Å². The highest BCUT2D eigenvalue weighted by molar-refractivity contribution is 7.15. The van der Waals surface area contributed by atoms with Crippen LogP contribution in [0.5, 0.6) is 0 Å². The number of hydrogen-bond donors (Lipinski definition) is 0. The average molecular weight is 208 g/mol. The third-order valence-corrected chi connectivity index (χ3v) is 3.00. The highest BCUT2D eigenvalue weighted by atomic mass is 32.1. The second-order valence-electron chi connectivity index (χ2n) is 4.29. The number of thiazole rings is 1. The zero-order chi connectivity index (χ0) is 10.3. The number of imidazole rings is 1. The summed E-state index contributed by atoms with van der Waals surface area (Å²) in [7, 11) is 0. The number of carbonyl (C=O) groups excluding carboxylic acids is 1.